The number of carbonyl (C=O) groups is 2. The molecule has 2 aliphatic rings. The van der Waals surface area contributed by atoms with Crippen LogP contribution in [0.3, 0.4) is 0 Å². The number of fused-ring (bicyclic) bond motifs is 1. The monoisotopic (exact) mass is 307 g/mol. The van der Waals surface area contributed by atoms with Crippen LogP contribution in [0.15, 0.2) is 11.4 Å². The van der Waals surface area contributed by atoms with Crippen LogP contribution in [0.2, 0.25) is 0 Å². The summed E-state index contributed by atoms with van der Waals surface area (Å²) in [4.78, 5) is 29.3. The Labute approximate surface area is 128 Å². The van der Waals surface area contributed by atoms with Gasteiger partial charge in [0.2, 0.25) is 11.8 Å². The van der Waals surface area contributed by atoms with E-state index in [4.69, 9.17) is 5.73 Å². The van der Waals surface area contributed by atoms with Crippen LogP contribution in [-0.4, -0.2) is 47.3 Å². The number of nitrogens with two attached hydrogens (primary N) is 1. The van der Waals surface area contributed by atoms with E-state index in [1.165, 1.54) is 10.4 Å². The molecule has 1 aromatic rings. The third kappa shape index (κ3) is 2.82. The quantitative estimate of drug-likeness (QED) is 0.899. The fraction of sp³-hybridized carbons (Fsp3) is 0.600. The van der Waals surface area contributed by atoms with Crippen molar-refractivity contribution < 1.29 is 9.59 Å². The Morgan fingerprint density at radius 3 is 2.95 bits per heavy atom. The number of rotatable bonds is 3. The van der Waals surface area contributed by atoms with E-state index in [1.54, 1.807) is 11.3 Å². The Bertz CT molecular complexity index is 557. The summed E-state index contributed by atoms with van der Waals surface area (Å²) in [6, 6.07) is 1.94. The predicted molar refractivity (Wildman–Crippen MR) is 81.8 cm³/mol. The van der Waals surface area contributed by atoms with Crippen LogP contribution < -0.4 is 5.73 Å². The van der Waals surface area contributed by atoms with Crippen LogP contribution in [0.25, 0.3) is 0 Å². The average Bonchev–Trinajstić information content (AvgIpc) is 3.13. The second-order valence-corrected chi connectivity index (χ2v) is 6.94. The highest BCUT2D eigenvalue weighted by Gasteiger charge is 2.34. The molecule has 5 nitrogen and oxygen atoms in total. The second kappa shape index (κ2) is 5.77. The van der Waals surface area contributed by atoms with Crippen molar-refractivity contribution in [2.75, 3.05) is 19.6 Å². The van der Waals surface area contributed by atoms with Gasteiger partial charge in [-0.3, -0.25) is 14.5 Å². The van der Waals surface area contributed by atoms with Gasteiger partial charge in [0.15, 0.2) is 0 Å². The molecule has 0 spiro atoms. The van der Waals surface area contributed by atoms with E-state index < -0.39 is 0 Å². The maximum Gasteiger partial charge on any atom is 0.239 e. The van der Waals surface area contributed by atoms with Crippen molar-refractivity contribution >= 4 is 23.2 Å². The summed E-state index contributed by atoms with van der Waals surface area (Å²) in [7, 11) is 0. The Balaban J connectivity index is 1.62. The van der Waals surface area contributed by atoms with Gasteiger partial charge >= 0.3 is 0 Å². The van der Waals surface area contributed by atoms with Crippen molar-refractivity contribution in [3.63, 3.8) is 0 Å². The number of primary amides is 1. The highest BCUT2D eigenvalue weighted by Crippen LogP contribution is 2.26. The third-order valence-electron chi connectivity index (χ3n) is 4.65. The zero-order chi connectivity index (χ0) is 15.0. The molecule has 0 aliphatic carbocycles. The Morgan fingerprint density at radius 1 is 1.43 bits per heavy atom. The molecule has 2 aliphatic heterocycles. The van der Waals surface area contributed by atoms with Crippen LogP contribution in [0.5, 0.6) is 0 Å². The van der Waals surface area contributed by atoms with Crippen molar-refractivity contribution in [2.24, 2.45) is 11.7 Å². The lowest BCUT2D eigenvalue weighted by molar-refractivity contribution is -0.137. The Hall–Kier alpha value is -1.40. The molecule has 0 aromatic carbocycles. The zero-order valence-corrected chi connectivity index (χ0v) is 13.1. The van der Waals surface area contributed by atoms with Crippen molar-refractivity contribution in [3.8, 4) is 0 Å². The van der Waals surface area contributed by atoms with Crippen LogP contribution in [0.4, 0.5) is 0 Å². The molecule has 3 heterocycles. The lowest BCUT2D eigenvalue weighted by atomic mass is 10.1. The maximum absolute atomic E-state index is 12.7. The number of likely N-dealkylation sites (tertiary alicyclic amines) is 1. The maximum atomic E-state index is 12.7. The van der Waals surface area contributed by atoms with E-state index in [1.807, 2.05) is 11.8 Å². The molecule has 0 saturated carbocycles. The lowest BCUT2D eigenvalue weighted by Crippen LogP contribution is -2.48. The highest BCUT2D eigenvalue weighted by atomic mass is 32.1. The molecule has 0 radical (unpaired) electrons. The SMILES string of the molecule is C[C@@H](C(=O)N1CCc2sccc2C1)N1CC[C@@H](C(N)=O)C1. The summed E-state index contributed by atoms with van der Waals surface area (Å²) in [6.45, 7) is 4.84. The molecule has 6 heteroatoms. The van der Waals surface area contributed by atoms with Crippen LogP contribution in [0, 0.1) is 5.92 Å². The number of carbonyl (C=O) groups excluding carboxylic acids is 2. The first kappa shape index (κ1) is 14.5. The first-order valence-electron chi connectivity index (χ1n) is 7.43. The Kier molecular flexibility index (Phi) is 3.99. The molecular weight excluding hydrogens is 286 g/mol. The molecule has 3 rings (SSSR count). The smallest absolute Gasteiger partial charge is 0.239 e. The fourth-order valence-electron chi connectivity index (χ4n) is 3.23. The molecule has 1 saturated heterocycles. The average molecular weight is 307 g/mol. The van der Waals surface area contributed by atoms with Crippen molar-refractivity contribution in [2.45, 2.75) is 32.4 Å². The number of nitrogens with zero attached hydrogens (tertiary/aromatic N) is 2. The summed E-state index contributed by atoms with van der Waals surface area (Å²) in [5.74, 6) is -0.194. The topological polar surface area (TPSA) is 66.6 Å². The highest BCUT2D eigenvalue weighted by molar-refractivity contribution is 7.10. The number of hydrogen-bond acceptors (Lipinski definition) is 4. The second-order valence-electron chi connectivity index (χ2n) is 5.94. The van der Waals surface area contributed by atoms with Gasteiger partial charge in [-0.1, -0.05) is 0 Å². The van der Waals surface area contributed by atoms with Gasteiger partial charge in [0, 0.05) is 24.5 Å². The molecule has 2 amide bonds. The summed E-state index contributed by atoms with van der Waals surface area (Å²) in [5.41, 5.74) is 6.64. The largest absolute Gasteiger partial charge is 0.369 e. The lowest BCUT2D eigenvalue weighted by Gasteiger charge is -2.32. The normalized spacial score (nSPS) is 23.9. The molecule has 1 fully saturated rings. The number of thiophene rings is 1. The summed E-state index contributed by atoms with van der Waals surface area (Å²) < 4.78 is 0. The molecular formula is C15H21N3O2S. The van der Waals surface area contributed by atoms with Crippen LogP contribution in [-0.2, 0) is 22.6 Å². The van der Waals surface area contributed by atoms with E-state index in [-0.39, 0.29) is 23.8 Å². The van der Waals surface area contributed by atoms with Gasteiger partial charge < -0.3 is 10.6 Å². The standard InChI is InChI=1S/C15H21N3O2S/c1-10(17-5-2-12(9-17)14(16)19)15(20)18-6-3-13-11(8-18)4-7-21-13/h4,7,10,12H,2-3,5-6,8-9H2,1H3,(H2,16,19)/t10-,12+/m0/s1. The van der Waals surface area contributed by atoms with Gasteiger partial charge in [0.05, 0.1) is 12.0 Å². The first-order valence-corrected chi connectivity index (χ1v) is 8.31. The molecule has 1 aromatic heterocycles. The first-order chi connectivity index (χ1) is 10.1. The minimum absolute atomic E-state index is 0.106. The predicted octanol–water partition coefficient (Wildman–Crippen LogP) is 0.828. The van der Waals surface area contributed by atoms with Gasteiger partial charge in [-0.2, -0.15) is 0 Å². The minimum atomic E-state index is -0.252. The van der Waals surface area contributed by atoms with Crippen LogP contribution >= 0.6 is 11.3 Å². The summed E-state index contributed by atoms with van der Waals surface area (Å²) >= 11 is 1.78. The summed E-state index contributed by atoms with van der Waals surface area (Å²) in [5, 5.41) is 2.10. The number of amides is 2. The molecule has 0 unspecified atom stereocenters. The Morgan fingerprint density at radius 2 is 2.24 bits per heavy atom. The van der Waals surface area contributed by atoms with E-state index in [9.17, 15) is 9.59 Å². The summed E-state index contributed by atoms with van der Waals surface area (Å²) in [6.07, 6.45) is 1.72. The van der Waals surface area contributed by atoms with Crippen molar-refractivity contribution in [3.05, 3.63) is 21.9 Å². The van der Waals surface area contributed by atoms with Crippen LogP contribution in [0.1, 0.15) is 23.8 Å². The van der Waals surface area contributed by atoms with Gasteiger partial charge in [0.1, 0.15) is 0 Å². The van der Waals surface area contributed by atoms with E-state index >= 15 is 0 Å². The van der Waals surface area contributed by atoms with E-state index in [0.29, 0.717) is 6.54 Å². The molecule has 2 N–H and O–H groups in total. The van der Waals surface area contributed by atoms with Gasteiger partial charge in [-0.25, -0.2) is 0 Å². The van der Waals surface area contributed by atoms with E-state index in [0.717, 1.165) is 32.5 Å². The van der Waals surface area contributed by atoms with Gasteiger partial charge in [-0.05, 0) is 43.3 Å². The minimum Gasteiger partial charge on any atom is -0.369 e. The van der Waals surface area contributed by atoms with E-state index in [2.05, 4.69) is 16.3 Å². The number of hydrogen-bond donors (Lipinski definition) is 1. The molecule has 114 valence electrons. The third-order valence-corrected chi connectivity index (χ3v) is 5.67. The molecule has 0 bridgehead atoms. The van der Waals surface area contributed by atoms with Crippen molar-refractivity contribution in [1.82, 2.24) is 9.80 Å². The molecule has 21 heavy (non-hydrogen) atoms. The van der Waals surface area contributed by atoms with Gasteiger partial charge in [-0.15, -0.1) is 11.3 Å². The molecule has 2 atom stereocenters. The van der Waals surface area contributed by atoms with Crippen molar-refractivity contribution in [1.29, 1.82) is 0 Å². The zero-order valence-electron chi connectivity index (χ0n) is 12.2. The fourth-order valence-corrected chi connectivity index (χ4v) is 4.12. The van der Waals surface area contributed by atoms with Gasteiger partial charge in [0.25, 0.3) is 0 Å².